The minimum Gasteiger partial charge on any atom is -0.493 e. The largest absolute Gasteiger partial charge is 0.493 e. The van der Waals surface area contributed by atoms with Gasteiger partial charge in [-0.25, -0.2) is 0 Å². The molecule has 2 aliphatic rings. The summed E-state index contributed by atoms with van der Waals surface area (Å²) in [5, 5.41) is 4.89. The van der Waals surface area contributed by atoms with E-state index in [1.54, 1.807) is 25.6 Å². The van der Waals surface area contributed by atoms with Crippen molar-refractivity contribution in [3.8, 4) is 11.5 Å². The summed E-state index contributed by atoms with van der Waals surface area (Å²) in [7, 11) is 3.26. The van der Waals surface area contributed by atoms with E-state index >= 15 is 0 Å². The van der Waals surface area contributed by atoms with Crippen LogP contribution < -0.4 is 14.8 Å². The zero-order valence-electron chi connectivity index (χ0n) is 18.9. The monoisotopic (exact) mass is 456 g/mol. The molecule has 1 N–H and O–H groups in total. The van der Waals surface area contributed by atoms with Gasteiger partial charge >= 0.3 is 0 Å². The summed E-state index contributed by atoms with van der Waals surface area (Å²) in [5.41, 5.74) is 2.21. The molecule has 172 valence electrons. The molecule has 1 atom stereocenters. The van der Waals surface area contributed by atoms with Crippen LogP contribution in [0.15, 0.2) is 29.6 Å². The van der Waals surface area contributed by atoms with Crippen molar-refractivity contribution in [2.75, 3.05) is 27.3 Å². The van der Waals surface area contributed by atoms with Crippen LogP contribution in [0.25, 0.3) is 0 Å². The fourth-order valence-corrected chi connectivity index (χ4v) is 5.82. The van der Waals surface area contributed by atoms with Gasteiger partial charge in [0.2, 0.25) is 11.8 Å². The minimum atomic E-state index is -0.193. The molecule has 0 radical (unpaired) electrons. The lowest BCUT2D eigenvalue weighted by atomic mass is 9.90. The van der Waals surface area contributed by atoms with Crippen molar-refractivity contribution in [3.05, 3.63) is 45.6 Å². The van der Waals surface area contributed by atoms with Crippen LogP contribution in [-0.4, -0.2) is 44.0 Å². The Bertz CT molecular complexity index is 938. The molecular formula is C25H32N2O4S. The smallest absolute Gasteiger partial charge is 0.242 e. The van der Waals surface area contributed by atoms with Crippen LogP contribution in [0.5, 0.6) is 11.5 Å². The molecule has 4 rings (SSSR count). The third kappa shape index (κ3) is 4.93. The Balaban J connectivity index is 1.48. The van der Waals surface area contributed by atoms with Crippen molar-refractivity contribution < 1.29 is 19.1 Å². The number of fused-ring (bicyclic) bond motifs is 1. The van der Waals surface area contributed by atoms with Crippen molar-refractivity contribution >= 4 is 23.2 Å². The van der Waals surface area contributed by atoms with Crippen molar-refractivity contribution in [3.63, 3.8) is 0 Å². The molecule has 1 saturated carbocycles. The van der Waals surface area contributed by atoms with E-state index in [1.807, 2.05) is 28.5 Å². The summed E-state index contributed by atoms with van der Waals surface area (Å²) in [6.45, 7) is 0.635. The van der Waals surface area contributed by atoms with Gasteiger partial charge in [0.15, 0.2) is 11.5 Å². The molecule has 2 amide bonds. The van der Waals surface area contributed by atoms with Crippen LogP contribution >= 0.6 is 11.3 Å². The van der Waals surface area contributed by atoms with Gasteiger partial charge < -0.3 is 19.7 Å². The summed E-state index contributed by atoms with van der Waals surface area (Å²) in [4.78, 5) is 28.5. The Morgan fingerprint density at radius 3 is 2.59 bits per heavy atom. The topological polar surface area (TPSA) is 67.9 Å². The first-order valence-corrected chi connectivity index (χ1v) is 12.3. The van der Waals surface area contributed by atoms with E-state index in [0.29, 0.717) is 30.4 Å². The summed E-state index contributed by atoms with van der Waals surface area (Å²) in [6, 6.07) is 7.87. The third-order valence-corrected chi connectivity index (χ3v) is 7.62. The fourth-order valence-electron chi connectivity index (χ4n) is 4.97. The number of hydrogen-bond donors (Lipinski definition) is 1. The number of thiophene rings is 1. The molecule has 2 aromatic rings. The maximum Gasteiger partial charge on any atom is 0.242 e. The second kappa shape index (κ2) is 10.4. The number of amides is 2. The summed E-state index contributed by atoms with van der Waals surface area (Å²) < 4.78 is 11.0. The molecule has 1 aliphatic carbocycles. The van der Waals surface area contributed by atoms with E-state index in [9.17, 15) is 9.59 Å². The Morgan fingerprint density at radius 1 is 1.16 bits per heavy atom. The molecule has 1 aromatic carbocycles. The maximum absolute atomic E-state index is 13.2. The van der Waals surface area contributed by atoms with Gasteiger partial charge in [-0.3, -0.25) is 9.59 Å². The quantitative estimate of drug-likeness (QED) is 0.642. The summed E-state index contributed by atoms with van der Waals surface area (Å²) >= 11 is 1.63. The van der Waals surface area contributed by atoms with Crippen molar-refractivity contribution in [1.82, 2.24) is 10.2 Å². The fraction of sp³-hybridized carbons (Fsp3) is 0.520. The Labute approximate surface area is 193 Å². The van der Waals surface area contributed by atoms with E-state index in [0.717, 1.165) is 28.8 Å². The zero-order chi connectivity index (χ0) is 22.5. The SMILES string of the molecule is COc1cc2c(cc1OC)[C@H](c1cccs1)N(C(=O)CNC(=O)CCC1CCCC1)CC2. The van der Waals surface area contributed by atoms with Gasteiger partial charge in [-0.2, -0.15) is 0 Å². The molecule has 1 aliphatic heterocycles. The molecule has 32 heavy (non-hydrogen) atoms. The molecule has 0 saturated heterocycles. The van der Waals surface area contributed by atoms with E-state index in [2.05, 4.69) is 11.4 Å². The van der Waals surface area contributed by atoms with Crippen LogP contribution in [0.2, 0.25) is 0 Å². The van der Waals surface area contributed by atoms with E-state index in [1.165, 1.54) is 25.7 Å². The number of carbonyl (C=O) groups is 2. The molecular weight excluding hydrogens is 424 g/mol. The maximum atomic E-state index is 13.2. The standard InChI is InChI=1S/C25H32N2O4S/c1-30-20-14-18-11-12-27(24(29)16-26-23(28)10-9-17-6-3-4-7-17)25(22-8-5-13-32-22)19(18)15-21(20)31-2/h5,8,13-15,17,25H,3-4,6-7,9-12,16H2,1-2H3,(H,26,28)/t25-/m1/s1. The lowest BCUT2D eigenvalue weighted by Crippen LogP contribution is -2.45. The number of methoxy groups -OCH3 is 2. The van der Waals surface area contributed by atoms with Gasteiger partial charge in [-0.05, 0) is 53.5 Å². The first-order chi connectivity index (χ1) is 15.6. The van der Waals surface area contributed by atoms with Gasteiger partial charge in [0.25, 0.3) is 0 Å². The predicted octanol–water partition coefficient (Wildman–Crippen LogP) is 4.33. The average Bonchev–Trinajstić information content (AvgIpc) is 3.53. The summed E-state index contributed by atoms with van der Waals surface area (Å²) in [5.74, 6) is 1.94. The van der Waals surface area contributed by atoms with E-state index in [-0.39, 0.29) is 24.4 Å². The zero-order valence-corrected chi connectivity index (χ0v) is 19.7. The Hall–Kier alpha value is -2.54. The highest BCUT2D eigenvalue weighted by Crippen LogP contribution is 2.42. The highest BCUT2D eigenvalue weighted by atomic mass is 32.1. The number of nitrogens with one attached hydrogen (secondary N) is 1. The number of benzene rings is 1. The highest BCUT2D eigenvalue weighted by Gasteiger charge is 2.34. The van der Waals surface area contributed by atoms with Gasteiger partial charge in [-0.1, -0.05) is 31.7 Å². The molecule has 6 nitrogen and oxygen atoms in total. The molecule has 7 heteroatoms. The van der Waals surface area contributed by atoms with Crippen LogP contribution in [-0.2, 0) is 16.0 Å². The van der Waals surface area contributed by atoms with Gasteiger partial charge in [0, 0.05) is 17.8 Å². The van der Waals surface area contributed by atoms with Gasteiger partial charge in [0.05, 0.1) is 26.8 Å². The summed E-state index contributed by atoms with van der Waals surface area (Å²) in [6.07, 6.45) is 7.19. The van der Waals surface area contributed by atoms with Crippen LogP contribution in [0.4, 0.5) is 0 Å². The van der Waals surface area contributed by atoms with E-state index in [4.69, 9.17) is 9.47 Å². The van der Waals surface area contributed by atoms with Crippen molar-refractivity contribution in [1.29, 1.82) is 0 Å². The molecule has 2 heterocycles. The van der Waals surface area contributed by atoms with Crippen LogP contribution in [0.1, 0.15) is 60.6 Å². The molecule has 0 unspecified atom stereocenters. The highest BCUT2D eigenvalue weighted by molar-refractivity contribution is 7.10. The molecule has 0 bridgehead atoms. The number of carbonyl (C=O) groups excluding carboxylic acids is 2. The first kappa shape index (κ1) is 22.6. The Morgan fingerprint density at radius 2 is 1.91 bits per heavy atom. The second-order valence-electron chi connectivity index (χ2n) is 8.63. The van der Waals surface area contributed by atoms with Crippen molar-refractivity contribution in [2.24, 2.45) is 5.92 Å². The molecule has 0 spiro atoms. The lowest BCUT2D eigenvalue weighted by molar-refractivity contribution is -0.134. The third-order valence-electron chi connectivity index (χ3n) is 6.70. The van der Waals surface area contributed by atoms with E-state index < -0.39 is 0 Å². The average molecular weight is 457 g/mol. The lowest BCUT2D eigenvalue weighted by Gasteiger charge is -2.37. The molecule has 1 fully saturated rings. The number of nitrogens with zero attached hydrogens (tertiary/aromatic N) is 1. The Kier molecular flexibility index (Phi) is 7.35. The van der Waals surface area contributed by atoms with Crippen LogP contribution in [0, 0.1) is 5.92 Å². The van der Waals surface area contributed by atoms with Crippen LogP contribution in [0.3, 0.4) is 0 Å². The number of rotatable bonds is 8. The first-order valence-electron chi connectivity index (χ1n) is 11.4. The van der Waals surface area contributed by atoms with Gasteiger partial charge in [-0.15, -0.1) is 11.3 Å². The predicted molar refractivity (Wildman–Crippen MR) is 125 cm³/mol. The van der Waals surface area contributed by atoms with Gasteiger partial charge in [0.1, 0.15) is 0 Å². The number of hydrogen-bond acceptors (Lipinski definition) is 5. The molecule has 1 aromatic heterocycles. The number of ether oxygens (including phenoxy) is 2. The second-order valence-corrected chi connectivity index (χ2v) is 9.61. The normalized spacial score (nSPS) is 18.3. The minimum absolute atomic E-state index is 0.0262. The van der Waals surface area contributed by atoms with Crippen molar-refractivity contribution in [2.45, 2.75) is 51.0 Å².